The summed E-state index contributed by atoms with van der Waals surface area (Å²) in [6, 6.07) is 0. The zero-order valence-corrected chi connectivity index (χ0v) is 31.0. The normalized spacial score (nSPS) is 18.9. The van der Waals surface area contributed by atoms with Crippen molar-refractivity contribution in [1.82, 2.24) is 20.3 Å². The van der Waals surface area contributed by atoms with E-state index in [1.165, 1.54) is 11.1 Å². The fourth-order valence-electron chi connectivity index (χ4n) is 7.65. The van der Waals surface area contributed by atoms with E-state index in [0.717, 1.165) is 78.2 Å². The van der Waals surface area contributed by atoms with E-state index in [1.54, 1.807) is 0 Å². The standard InChI is InChI=1S/C42H50N4O6/c1-9-29-25(4)33-19-34-27(6)31(18-24(3)52-51-17-15-48)37(44-34)21-36-30(11-13-41(49)50-16-14-47)26(5)35(43-36)20-39-32-12-10-23(2)28(7)42(32,8)40(46-39)22-38(29)45-33/h9-10,12,19-22,28,43-48H,1,3,11,13-18H2,2,4-8H3. The molecule has 10 heteroatoms. The predicted molar refractivity (Wildman–Crippen MR) is 205 cm³/mol. The third-order valence-electron chi connectivity index (χ3n) is 11.0. The third kappa shape index (κ3) is 6.69. The Labute approximate surface area is 304 Å². The van der Waals surface area contributed by atoms with Gasteiger partial charge in [0.15, 0.2) is 0 Å². The number of carbonyl (C=O) groups excluding carboxylic acids is 1. The van der Waals surface area contributed by atoms with E-state index in [4.69, 9.17) is 19.6 Å². The molecule has 1 fully saturated rings. The van der Waals surface area contributed by atoms with Gasteiger partial charge in [-0.15, -0.1) is 0 Å². The number of ether oxygens (including phenoxy) is 1. The van der Waals surface area contributed by atoms with Crippen molar-refractivity contribution in [3.8, 4) is 0 Å². The van der Waals surface area contributed by atoms with Gasteiger partial charge in [-0.1, -0.05) is 43.9 Å². The average Bonchev–Trinajstić information content (AvgIpc) is 3.77. The quantitative estimate of drug-likeness (QED) is 0.0500. The summed E-state index contributed by atoms with van der Waals surface area (Å²) in [5.41, 5.74) is 14.1. The maximum absolute atomic E-state index is 12.6. The minimum absolute atomic E-state index is 0.0304. The molecule has 2 aliphatic heterocycles. The highest BCUT2D eigenvalue weighted by Crippen LogP contribution is 2.54. The first-order valence-electron chi connectivity index (χ1n) is 17.8. The van der Waals surface area contributed by atoms with Crippen molar-refractivity contribution in [1.29, 1.82) is 0 Å². The van der Waals surface area contributed by atoms with Crippen molar-refractivity contribution < 1.29 is 29.5 Å². The minimum Gasteiger partial charge on any atom is -0.463 e. The Morgan fingerprint density at radius 2 is 1.60 bits per heavy atom. The van der Waals surface area contributed by atoms with E-state index < -0.39 is 0 Å². The molecule has 2 unspecified atom stereocenters. The molecule has 3 aliphatic rings. The Morgan fingerprint density at radius 3 is 2.33 bits per heavy atom. The van der Waals surface area contributed by atoms with Gasteiger partial charge < -0.3 is 40.1 Å². The summed E-state index contributed by atoms with van der Waals surface area (Å²) in [5, 5.41) is 23.9. The second-order valence-electron chi connectivity index (χ2n) is 14.0. The average molecular weight is 707 g/mol. The molecule has 10 nitrogen and oxygen atoms in total. The number of hydrogen-bond acceptors (Lipinski definition) is 7. The van der Waals surface area contributed by atoms with Gasteiger partial charge in [-0.05, 0) is 105 Å². The lowest BCUT2D eigenvalue weighted by molar-refractivity contribution is -0.266. The summed E-state index contributed by atoms with van der Waals surface area (Å²) >= 11 is 0. The van der Waals surface area contributed by atoms with Crippen molar-refractivity contribution in [2.75, 3.05) is 26.4 Å². The van der Waals surface area contributed by atoms with Gasteiger partial charge in [0, 0.05) is 68.7 Å². The number of nitrogens with one attached hydrogen (secondary N) is 4. The lowest BCUT2D eigenvalue weighted by Crippen LogP contribution is -2.30. The Balaban J connectivity index is 1.62. The van der Waals surface area contributed by atoms with Gasteiger partial charge in [-0.3, -0.25) is 4.79 Å². The molecule has 8 bridgehead atoms. The van der Waals surface area contributed by atoms with E-state index in [9.17, 15) is 9.90 Å². The SMILES string of the molecule is C=Cc1c2[nH]c(c1C)C=c1[nH]c(c(CC(=C)OOCCO)c1C)=Cc1[nH]c(c(C)c1CCC(=O)OCCO)C=C1NC(=C2)C2(C)C1=CC=C(C)C2C. The van der Waals surface area contributed by atoms with Gasteiger partial charge in [0.1, 0.15) is 19.0 Å². The van der Waals surface area contributed by atoms with Crippen LogP contribution in [-0.4, -0.2) is 57.6 Å². The Hall–Kier alpha value is -5.03. The lowest BCUT2D eigenvalue weighted by Gasteiger charge is -2.36. The molecule has 0 spiro atoms. The van der Waals surface area contributed by atoms with E-state index in [-0.39, 0.29) is 50.2 Å². The number of H-pyrrole nitrogens is 3. The molecule has 52 heavy (non-hydrogen) atoms. The van der Waals surface area contributed by atoms with E-state index >= 15 is 0 Å². The van der Waals surface area contributed by atoms with Crippen LogP contribution in [0.1, 0.15) is 83.3 Å². The highest BCUT2D eigenvalue weighted by atomic mass is 17.2. The van der Waals surface area contributed by atoms with Gasteiger partial charge in [0.2, 0.25) is 0 Å². The van der Waals surface area contributed by atoms with Crippen molar-refractivity contribution >= 4 is 36.3 Å². The maximum atomic E-state index is 12.6. The summed E-state index contributed by atoms with van der Waals surface area (Å²) in [6.45, 7) is 20.9. The number of aromatic amines is 3. The van der Waals surface area contributed by atoms with Crippen LogP contribution < -0.4 is 16.0 Å². The fraction of sp³-hybridized carbons (Fsp3) is 0.357. The molecular formula is C42H50N4O6. The van der Waals surface area contributed by atoms with Crippen LogP contribution in [0.4, 0.5) is 0 Å². The van der Waals surface area contributed by atoms with Crippen molar-refractivity contribution in [3.05, 3.63) is 120 Å². The number of aromatic nitrogens is 3. The Kier molecular flexibility index (Phi) is 10.5. The highest BCUT2D eigenvalue weighted by molar-refractivity contribution is 5.76. The van der Waals surface area contributed by atoms with Crippen LogP contribution in [0.3, 0.4) is 0 Å². The van der Waals surface area contributed by atoms with Gasteiger partial charge in [-0.25, -0.2) is 0 Å². The van der Waals surface area contributed by atoms with Crippen LogP contribution >= 0.6 is 0 Å². The van der Waals surface area contributed by atoms with Crippen LogP contribution in [0.5, 0.6) is 0 Å². The Bertz CT molecular complexity index is 2190. The van der Waals surface area contributed by atoms with E-state index in [2.05, 4.69) is 111 Å². The number of allylic oxidation sites excluding steroid dienone is 6. The second kappa shape index (κ2) is 14.9. The molecule has 5 heterocycles. The monoisotopic (exact) mass is 706 g/mol. The molecule has 2 atom stereocenters. The number of hydrogen-bond donors (Lipinski definition) is 6. The first kappa shape index (κ1) is 36.8. The second-order valence-corrected chi connectivity index (χ2v) is 14.0. The molecule has 1 aliphatic carbocycles. The van der Waals surface area contributed by atoms with Crippen LogP contribution in [0.25, 0.3) is 30.4 Å². The maximum Gasteiger partial charge on any atom is 0.306 e. The summed E-state index contributed by atoms with van der Waals surface area (Å²) in [4.78, 5) is 34.2. The van der Waals surface area contributed by atoms with Gasteiger partial charge in [-0.2, -0.15) is 4.89 Å². The van der Waals surface area contributed by atoms with Gasteiger partial charge >= 0.3 is 5.97 Å². The fourth-order valence-corrected chi connectivity index (χ4v) is 7.65. The van der Waals surface area contributed by atoms with Crippen molar-refractivity contribution in [3.63, 3.8) is 0 Å². The first-order valence-corrected chi connectivity index (χ1v) is 17.8. The third-order valence-corrected chi connectivity index (χ3v) is 11.0. The molecule has 3 aromatic heterocycles. The van der Waals surface area contributed by atoms with Crippen LogP contribution in [-0.2, 0) is 32.1 Å². The topological polar surface area (TPSA) is 145 Å². The van der Waals surface area contributed by atoms with Gasteiger partial charge in [0.05, 0.1) is 13.2 Å². The van der Waals surface area contributed by atoms with Crippen LogP contribution in [0, 0.1) is 32.1 Å². The molecule has 3 aromatic rings. The minimum atomic E-state index is -0.366. The summed E-state index contributed by atoms with van der Waals surface area (Å²) < 4.78 is 5.21. The number of carbonyl (C=O) groups is 1. The largest absolute Gasteiger partial charge is 0.463 e. The van der Waals surface area contributed by atoms with Crippen LogP contribution in [0.2, 0.25) is 0 Å². The first-order chi connectivity index (χ1) is 24.9. The highest BCUT2D eigenvalue weighted by Gasteiger charge is 2.47. The zero-order chi connectivity index (χ0) is 37.3. The number of aliphatic hydroxyl groups is 2. The number of rotatable bonds is 12. The molecule has 6 rings (SSSR count). The lowest BCUT2D eigenvalue weighted by atomic mass is 9.66. The van der Waals surface area contributed by atoms with Crippen molar-refractivity contribution in [2.45, 2.75) is 60.8 Å². The van der Waals surface area contributed by atoms with Crippen molar-refractivity contribution in [2.24, 2.45) is 11.3 Å². The summed E-state index contributed by atoms with van der Waals surface area (Å²) in [7, 11) is 0. The summed E-state index contributed by atoms with van der Waals surface area (Å²) in [5.74, 6) is 0.272. The van der Waals surface area contributed by atoms with E-state index in [1.807, 2.05) is 6.08 Å². The molecule has 6 N–H and O–H groups in total. The van der Waals surface area contributed by atoms with E-state index in [0.29, 0.717) is 18.6 Å². The molecule has 1 saturated heterocycles. The molecule has 0 aromatic carbocycles. The Morgan fingerprint density at radius 1 is 0.885 bits per heavy atom. The summed E-state index contributed by atoms with van der Waals surface area (Å²) in [6.07, 6.45) is 15.9. The smallest absolute Gasteiger partial charge is 0.306 e. The van der Waals surface area contributed by atoms with Crippen LogP contribution in [0.15, 0.2) is 53.6 Å². The number of aliphatic hydroxyl groups excluding tert-OH is 2. The zero-order valence-electron chi connectivity index (χ0n) is 31.0. The molecule has 0 saturated carbocycles. The number of esters is 1. The number of fused-ring (bicyclic) bond motifs is 11. The predicted octanol–water partition coefficient (Wildman–Crippen LogP) is 5.19. The molecule has 274 valence electrons. The van der Waals surface area contributed by atoms with Gasteiger partial charge in [0.25, 0.3) is 0 Å². The molecular weight excluding hydrogens is 656 g/mol. The molecule has 0 amide bonds. The molecule has 0 radical (unpaired) electrons.